The number of thiophene rings is 1. The Morgan fingerprint density at radius 2 is 2.21 bits per heavy atom. The van der Waals surface area contributed by atoms with Gasteiger partial charge in [0.2, 0.25) is 0 Å². The van der Waals surface area contributed by atoms with Crippen LogP contribution in [0, 0.1) is 0 Å². The highest BCUT2D eigenvalue weighted by Crippen LogP contribution is 2.34. The number of carboxylic acid groups (broad SMARTS) is 1. The molecular weight excluding hydrogens is 264 g/mol. The highest BCUT2D eigenvalue weighted by molar-refractivity contribution is 7.09. The van der Waals surface area contributed by atoms with Gasteiger partial charge >= 0.3 is 12.0 Å². The van der Waals surface area contributed by atoms with Crippen molar-refractivity contribution in [2.45, 2.75) is 37.6 Å². The molecule has 19 heavy (non-hydrogen) atoms. The second-order valence-electron chi connectivity index (χ2n) is 4.91. The second-order valence-corrected chi connectivity index (χ2v) is 5.95. The minimum absolute atomic E-state index is 0.00530. The van der Waals surface area contributed by atoms with E-state index in [1.807, 2.05) is 17.5 Å². The topological polar surface area (TPSA) is 78.4 Å². The van der Waals surface area contributed by atoms with E-state index in [2.05, 4.69) is 10.6 Å². The van der Waals surface area contributed by atoms with Crippen molar-refractivity contribution in [1.82, 2.24) is 10.6 Å². The molecule has 3 N–H and O–H groups in total. The predicted molar refractivity (Wildman–Crippen MR) is 73.4 cm³/mol. The van der Waals surface area contributed by atoms with Crippen molar-refractivity contribution in [3.8, 4) is 0 Å². The lowest BCUT2D eigenvalue weighted by molar-refractivity contribution is -0.139. The van der Waals surface area contributed by atoms with Crippen LogP contribution < -0.4 is 10.6 Å². The van der Waals surface area contributed by atoms with Gasteiger partial charge in [0.15, 0.2) is 0 Å². The van der Waals surface area contributed by atoms with Crippen molar-refractivity contribution in [3.05, 3.63) is 22.4 Å². The van der Waals surface area contributed by atoms with Crippen LogP contribution in [-0.2, 0) is 11.2 Å². The lowest BCUT2D eigenvalue weighted by Gasteiger charge is -2.41. The van der Waals surface area contributed by atoms with Gasteiger partial charge in [0.05, 0.1) is 12.0 Å². The fraction of sp³-hybridized carbons (Fsp3) is 0.538. The molecule has 1 saturated carbocycles. The highest BCUT2D eigenvalue weighted by atomic mass is 32.1. The molecule has 1 fully saturated rings. The van der Waals surface area contributed by atoms with E-state index in [4.69, 9.17) is 5.11 Å². The number of aliphatic carboxylic acids is 1. The summed E-state index contributed by atoms with van der Waals surface area (Å²) < 4.78 is 0. The largest absolute Gasteiger partial charge is 0.481 e. The fourth-order valence-electron chi connectivity index (χ4n) is 2.28. The highest BCUT2D eigenvalue weighted by Gasteiger charge is 2.40. The summed E-state index contributed by atoms with van der Waals surface area (Å²) in [5.41, 5.74) is -0.529. The molecule has 0 atom stereocenters. The summed E-state index contributed by atoms with van der Waals surface area (Å²) in [6, 6.07) is 3.75. The van der Waals surface area contributed by atoms with Crippen LogP contribution in [0.2, 0.25) is 0 Å². The number of hydrogen-bond donors (Lipinski definition) is 3. The molecule has 104 valence electrons. The number of rotatable bonds is 6. The SMILES string of the molecule is O=C(O)CC1(NC(=O)NCCc2cccs2)CCC1. The third kappa shape index (κ3) is 3.96. The van der Waals surface area contributed by atoms with Gasteiger partial charge in [-0.15, -0.1) is 11.3 Å². The van der Waals surface area contributed by atoms with E-state index in [9.17, 15) is 9.59 Å². The quantitative estimate of drug-likeness (QED) is 0.746. The third-order valence-electron chi connectivity index (χ3n) is 3.42. The van der Waals surface area contributed by atoms with Crippen LogP contribution in [0.15, 0.2) is 17.5 Å². The average molecular weight is 282 g/mol. The van der Waals surface area contributed by atoms with Gasteiger partial charge in [-0.1, -0.05) is 6.07 Å². The Morgan fingerprint density at radius 3 is 2.74 bits per heavy atom. The van der Waals surface area contributed by atoms with E-state index >= 15 is 0 Å². The third-order valence-corrected chi connectivity index (χ3v) is 4.35. The van der Waals surface area contributed by atoms with Crippen molar-refractivity contribution >= 4 is 23.3 Å². The maximum atomic E-state index is 11.7. The van der Waals surface area contributed by atoms with Crippen LogP contribution in [0.25, 0.3) is 0 Å². The summed E-state index contributed by atoms with van der Waals surface area (Å²) in [4.78, 5) is 23.8. The van der Waals surface area contributed by atoms with E-state index in [0.29, 0.717) is 6.54 Å². The molecule has 1 aliphatic carbocycles. The van der Waals surface area contributed by atoms with E-state index in [1.54, 1.807) is 11.3 Å². The van der Waals surface area contributed by atoms with Gasteiger partial charge in [0.25, 0.3) is 0 Å². The van der Waals surface area contributed by atoms with Crippen LogP contribution in [0.5, 0.6) is 0 Å². The summed E-state index contributed by atoms with van der Waals surface area (Å²) in [5.74, 6) is -0.862. The first kappa shape index (κ1) is 13.9. The molecule has 2 amide bonds. The van der Waals surface area contributed by atoms with Crippen molar-refractivity contribution in [2.75, 3.05) is 6.54 Å². The maximum absolute atomic E-state index is 11.7. The van der Waals surface area contributed by atoms with Gasteiger partial charge in [-0.25, -0.2) is 4.79 Å². The van der Waals surface area contributed by atoms with Crippen LogP contribution in [-0.4, -0.2) is 29.2 Å². The Labute approximate surface area is 116 Å². The summed E-state index contributed by atoms with van der Waals surface area (Å²) in [6.45, 7) is 0.565. The van der Waals surface area contributed by atoms with Crippen molar-refractivity contribution in [3.63, 3.8) is 0 Å². The number of amides is 2. The fourth-order valence-corrected chi connectivity index (χ4v) is 2.99. The standard InChI is InChI=1S/C13H18N2O3S/c16-11(17)9-13(5-2-6-13)15-12(18)14-7-4-10-3-1-8-19-10/h1,3,8H,2,4-7,9H2,(H,16,17)(H2,14,15,18). The molecule has 0 aliphatic heterocycles. The molecule has 0 aromatic carbocycles. The number of hydrogen-bond acceptors (Lipinski definition) is 3. The molecule has 6 heteroatoms. The van der Waals surface area contributed by atoms with Gasteiger partial charge in [-0.2, -0.15) is 0 Å². The van der Waals surface area contributed by atoms with Gasteiger partial charge in [0, 0.05) is 11.4 Å². The molecule has 0 radical (unpaired) electrons. The molecule has 5 nitrogen and oxygen atoms in total. The van der Waals surface area contributed by atoms with Gasteiger partial charge in [0.1, 0.15) is 0 Å². The first-order chi connectivity index (χ1) is 9.10. The molecule has 1 aromatic rings. The van der Waals surface area contributed by atoms with Crippen molar-refractivity contribution in [1.29, 1.82) is 0 Å². The number of carbonyl (C=O) groups excluding carboxylic acids is 1. The first-order valence-electron chi connectivity index (χ1n) is 6.40. The van der Waals surface area contributed by atoms with Crippen LogP contribution >= 0.6 is 11.3 Å². The molecule has 1 heterocycles. The minimum Gasteiger partial charge on any atom is -0.481 e. The van der Waals surface area contributed by atoms with Gasteiger partial charge in [-0.05, 0) is 37.1 Å². The van der Waals surface area contributed by atoms with Gasteiger partial charge in [-0.3, -0.25) is 4.79 Å². The van der Waals surface area contributed by atoms with Crippen molar-refractivity contribution in [2.24, 2.45) is 0 Å². The number of carboxylic acids is 1. The molecule has 2 rings (SSSR count). The van der Waals surface area contributed by atoms with E-state index in [1.165, 1.54) is 4.88 Å². The summed E-state index contributed by atoms with van der Waals surface area (Å²) in [5, 5.41) is 16.5. The summed E-state index contributed by atoms with van der Waals surface area (Å²) in [6.07, 6.45) is 3.28. The van der Waals surface area contributed by atoms with Crippen LogP contribution in [0.4, 0.5) is 4.79 Å². The molecule has 0 saturated heterocycles. The Hall–Kier alpha value is -1.56. The normalized spacial score (nSPS) is 16.4. The zero-order chi connectivity index (χ0) is 13.7. The molecule has 0 bridgehead atoms. The van der Waals surface area contributed by atoms with E-state index < -0.39 is 11.5 Å². The average Bonchev–Trinajstić information content (AvgIpc) is 2.78. The Kier molecular flexibility index (Phi) is 4.42. The Balaban J connectivity index is 1.72. The lowest BCUT2D eigenvalue weighted by Crippen LogP contribution is -2.57. The van der Waals surface area contributed by atoms with Crippen molar-refractivity contribution < 1.29 is 14.7 Å². The minimum atomic E-state index is -0.862. The summed E-state index contributed by atoms with van der Waals surface area (Å²) >= 11 is 1.66. The maximum Gasteiger partial charge on any atom is 0.315 e. The first-order valence-corrected chi connectivity index (χ1v) is 7.28. The number of urea groups is 1. The predicted octanol–water partition coefficient (Wildman–Crippen LogP) is 1.99. The molecule has 0 unspecified atom stereocenters. The zero-order valence-electron chi connectivity index (χ0n) is 10.6. The van der Waals surface area contributed by atoms with Crippen LogP contribution in [0.1, 0.15) is 30.6 Å². The zero-order valence-corrected chi connectivity index (χ0v) is 11.5. The molecule has 1 aliphatic rings. The number of carbonyl (C=O) groups is 2. The molecule has 1 aromatic heterocycles. The van der Waals surface area contributed by atoms with E-state index in [0.717, 1.165) is 25.7 Å². The molecular formula is C13H18N2O3S. The summed E-state index contributed by atoms with van der Waals surface area (Å²) in [7, 11) is 0. The monoisotopic (exact) mass is 282 g/mol. The molecule has 0 spiro atoms. The van der Waals surface area contributed by atoms with Crippen LogP contribution in [0.3, 0.4) is 0 Å². The van der Waals surface area contributed by atoms with E-state index in [-0.39, 0.29) is 12.5 Å². The number of nitrogens with one attached hydrogen (secondary N) is 2. The Morgan fingerprint density at radius 1 is 1.42 bits per heavy atom. The lowest BCUT2D eigenvalue weighted by atomic mass is 9.74. The second kappa shape index (κ2) is 6.06. The van der Waals surface area contributed by atoms with Gasteiger partial charge < -0.3 is 15.7 Å². The Bertz CT molecular complexity index is 441. The smallest absolute Gasteiger partial charge is 0.315 e.